The van der Waals surface area contributed by atoms with Crippen molar-refractivity contribution in [2.75, 3.05) is 6.61 Å². The van der Waals surface area contributed by atoms with Gasteiger partial charge in [-0.2, -0.15) is 0 Å². The molecule has 4 nitrogen and oxygen atoms in total. The average molecular weight is 955 g/mol. The van der Waals surface area contributed by atoms with Crippen LogP contribution >= 0.6 is 0 Å². The molecule has 0 saturated carbocycles. The Hall–Kier alpha value is -1.39. The molecule has 0 aliphatic heterocycles. The van der Waals surface area contributed by atoms with E-state index >= 15 is 0 Å². The molecule has 0 fully saturated rings. The quantitative estimate of drug-likeness (QED) is 0.0420. The SMILES string of the molecule is CCCCCCCCCCCCCCC/C=C/CC/C=C/CC/C=C/C(O)C(CO)NC(=O)CCCCCCCCCCCCCCCCCCCCCCCCCCCCCCCCCCC. The van der Waals surface area contributed by atoms with Gasteiger partial charge in [0, 0.05) is 6.42 Å². The Bertz CT molecular complexity index is 1040. The first-order valence-electron chi connectivity index (χ1n) is 31.2. The molecule has 3 N–H and O–H groups in total. The normalized spacial score (nSPS) is 12.9. The summed E-state index contributed by atoms with van der Waals surface area (Å²) in [6.07, 6.45) is 82.0. The molecule has 2 atom stereocenters. The summed E-state index contributed by atoms with van der Waals surface area (Å²) >= 11 is 0. The third-order valence-electron chi connectivity index (χ3n) is 14.6. The van der Waals surface area contributed by atoms with E-state index in [1.54, 1.807) is 6.08 Å². The van der Waals surface area contributed by atoms with Crippen molar-refractivity contribution in [1.29, 1.82) is 0 Å². The van der Waals surface area contributed by atoms with Gasteiger partial charge in [-0.1, -0.05) is 333 Å². The van der Waals surface area contributed by atoms with Crippen LogP contribution in [0, 0.1) is 0 Å². The van der Waals surface area contributed by atoms with Gasteiger partial charge in [-0.3, -0.25) is 4.79 Å². The van der Waals surface area contributed by atoms with Crippen molar-refractivity contribution in [1.82, 2.24) is 5.32 Å². The molecule has 0 saturated heterocycles. The van der Waals surface area contributed by atoms with Crippen LogP contribution in [0.1, 0.15) is 348 Å². The number of carbonyl (C=O) groups is 1. The molecule has 0 aromatic heterocycles. The van der Waals surface area contributed by atoms with Gasteiger partial charge in [0.15, 0.2) is 0 Å². The first-order valence-corrected chi connectivity index (χ1v) is 31.2. The molecule has 2 unspecified atom stereocenters. The molecule has 1 amide bonds. The lowest BCUT2D eigenvalue weighted by atomic mass is 10.0. The number of aliphatic hydroxyl groups is 2. The van der Waals surface area contributed by atoms with Gasteiger partial charge >= 0.3 is 0 Å². The number of nitrogens with one attached hydrogen (secondary N) is 1. The fourth-order valence-electron chi connectivity index (χ4n) is 9.86. The number of aliphatic hydroxyl groups excluding tert-OH is 2. The zero-order valence-corrected chi connectivity index (χ0v) is 46.4. The van der Waals surface area contributed by atoms with E-state index in [0.29, 0.717) is 6.42 Å². The Morgan fingerprint density at radius 1 is 0.338 bits per heavy atom. The van der Waals surface area contributed by atoms with Crippen molar-refractivity contribution < 1.29 is 15.0 Å². The van der Waals surface area contributed by atoms with E-state index in [4.69, 9.17) is 0 Å². The molecule has 4 heteroatoms. The zero-order valence-electron chi connectivity index (χ0n) is 46.4. The highest BCUT2D eigenvalue weighted by Gasteiger charge is 2.18. The van der Waals surface area contributed by atoms with E-state index in [1.165, 1.54) is 289 Å². The van der Waals surface area contributed by atoms with Crippen LogP contribution in [0.25, 0.3) is 0 Å². The maximum atomic E-state index is 12.5. The van der Waals surface area contributed by atoms with Crippen LogP contribution in [0.15, 0.2) is 36.5 Å². The summed E-state index contributed by atoms with van der Waals surface area (Å²) in [6.45, 7) is 4.33. The maximum absolute atomic E-state index is 12.5. The average Bonchev–Trinajstić information content (AvgIpc) is 3.34. The van der Waals surface area contributed by atoms with Gasteiger partial charge in [0.25, 0.3) is 0 Å². The Labute approximate surface area is 427 Å². The third-order valence-corrected chi connectivity index (χ3v) is 14.6. The van der Waals surface area contributed by atoms with Gasteiger partial charge in [-0.25, -0.2) is 0 Å². The third kappa shape index (κ3) is 55.5. The van der Waals surface area contributed by atoms with Gasteiger partial charge in [-0.15, -0.1) is 0 Å². The minimum atomic E-state index is -0.869. The maximum Gasteiger partial charge on any atom is 0.220 e. The first-order chi connectivity index (χ1) is 33.7. The molecule has 0 radical (unpaired) electrons. The predicted molar refractivity (Wildman–Crippen MR) is 304 cm³/mol. The Morgan fingerprint density at radius 3 is 0.853 bits per heavy atom. The van der Waals surface area contributed by atoms with Crippen LogP contribution in [0.4, 0.5) is 0 Å². The monoisotopic (exact) mass is 954 g/mol. The van der Waals surface area contributed by atoms with Crippen molar-refractivity contribution in [3.05, 3.63) is 36.5 Å². The van der Waals surface area contributed by atoms with E-state index in [9.17, 15) is 15.0 Å². The van der Waals surface area contributed by atoms with E-state index in [2.05, 4.69) is 43.5 Å². The summed E-state index contributed by atoms with van der Waals surface area (Å²) in [5.74, 6) is -0.0708. The summed E-state index contributed by atoms with van der Waals surface area (Å²) in [5.41, 5.74) is 0. The highest BCUT2D eigenvalue weighted by Crippen LogP contribution is 2.18. The second kappa shape index (κ2) is 59.9. The number of hydrogen-bond acceptors (Lipinski definition) is 3. The number of unbranched alkanes of at least 4 members (excludes halogenated alkanes) is 47. The lowest BCUT2D eigenvalue weighted by molar-refractivity contribution is -0.123. The number of carbonyl (C=O) groups excluding carboxylic acids is 1. The van der Waals surface area contributed by atoms with Crippen LogP contribution < -0.4 is 5.32 Å². The highest BCUT2D eigenvalue weighted by molar-refractivity contribution is 5.76. The zero-order chi connectivity index (χ0) is 49.2. The van der Waals surface area contributed by atoms with Gasteiger partial charge in [0.05, 0.1) is 18.8 Å². The summed E-state index contributed by atoms with van der Waals surface area (Å²) in [6, 6.07) is -0.644. The highest BCUT2D eigenvalue weighted by atomic mass is 16.3. The van der Waals surface area contributed by atoms with E-state index in [0.717, 1.165) is 38.5 Å². The molecule has 0 aromatic carbocycles. The minimum Gasteiger partial charge on any atom is -0.394 e. The predicted octanol–water partition coefficient (Wildman–Crippen LogP) is 20.8. The Kier molecular flexibility index (Phi) is 58.7. The van der Waals surface area contributed by atoms with Crippen molar-refractivity contribution >= 4 is 5.91 Å². The molecular weight excluding hydrogens is 831 g/mol. The molecule has 402 valence electrons. The Balaban J connectivity index is 3.46. The lowest BCUT2D eigenvalue weighted by Gasteiger charge is -2.19. The second-order valence-electron chi connectivity index (χ2n) is 21.5. The van der Waals surface area contributed by atoms with Crippen LogP contribution in [-0.4, -0.2) is 34.9 Å². The number of allylic oxidation sites excluding steroid dienone is 5. The fraction of sp³-hybridized carbons (Fsp3) is 0.891. The molecule has 68 heavy (non-hydrogen) atoms. The number of hydrogen-bond donors (Lipinski definition) is 3. The smallest absolute Gasteiger partial charge is 0.220 e. The lowest BCUT2D eigenvalue weighted by Crippen LogP contribution is -2.45. The van der Waals surface area contributed by atoms with Crippen molar-refractivity contribution in [3.8, 4) is 0 Å². The summed E-state index contributed by atoms with van der Waals surface area (Å²) < 4.78 is 0. The van der Waals surface area contributed by atoms with E-state index < -0.39 is 12.1 Å². The summed E-state index contributed by atoms with van der Waals surface area (Å²) in [5, 5.41) is 23.2. The number of rotatable bonds is 58. The van der Waals surface area contributed by atoms with E-state index in [1.807, 2.05) is 6.08 Å². The number of amides is 1. The van der Waals surface area contributed by atoms with Gasteiger partial charge in [-0.05, 0) is 44.9 Å². The summed E-state index contributed by atoms with van der Waals surface area (Å²) in [7, 11) is 0. The molecule has 0 aliphatic rings. The molecule has 0 aromatic rings. The molecule has 0 spiro atoms. The standard InChI is InChI=1S/C64H123NO3/c1-3-5-7-9-11-13-15-17-19-21-23-25-27-28-29-30-31-32-33-34-35-36-38-40-42-44-46-48-50-52-54-56-58-60-64(68)65-62(61-66)63(67)59-57-55-53-51-49-47-45-43-41-39-37-26-24-22-20-18-16-14-12-10-8-6-4-2/h41,43,49,51,57,59,62-63,66-67H,3-40,42,44-48,50,52-56,58,60-61H2,1-2H3,(H,65,68)/b43-41+,51-49+,59-57+. The van der Waals surface area contributed by atoms with Gasteiger partial charge < -0.3 is 15.5 Å². The van der Waals surface area contributed by atoms with Crippen molar-refractivity contribution in [2.24, 2.45) is 0 Å². The second-order valence-corrected chi connectivity index (χ2v) is 21.5. The molecule has 0 aliphatic carbocycles. The molecule has 0 heterocycles. The topological polar surface area (TPSA) is 69.6 Å². The molecular formula is C64H123NO3. The van der Waals surface area contributed by atoms with Crippen LogP contribution in [0.3, 0.4) is 0 Å². The van der Waals surface area contributed by atoms with Crippen molar-refractivity contribution in [2.45, 2.75) is 360 Å². The van der Waals surface area contributed by atoms with Crippen molar-refractivity contribution in [3.63, 3.8) is 0 Å². The van der Waals surface area contributed by atoms with Gasteiger partial charge in [0.2, 0.25) is 5.91 Å². The van der Waals surface area contributed by atoms with Crippen LogP contribution in [0.5, 0.6) is 0 Å². The van der Waals surface area contributed by atoms with Crippen LogP contribution in [-0.2, 0) is 4.79 Å². The van der Waals surface area contributed by atoms with Crippen LogP contribution in [0.2, 0.25) is 0 Å². The molecule has 0 bridgehead atoms. The largest absolute Gasteiger partial charge is 0.394 e. The molecule has 0 rings (SSSR count). The fourth-order valence-corrected chi connectivity index (χ4v) is 9.86. The first kappa shape index (κ1) is 66.6. The Morgan fingerprint density at radius 2 is 0.574 bits per heavy atom. The van der Waals surface area contributed by atoms with Gasteiger partial charge in [0.1, 0.15) is 0 Å². The van der Waals surface area contributed by atoms with E-state index in [-0.39, 0.29) is 12.5 Å². The summed E-state index contributed by atoms with van der Waals surface area (Å²) in [4.78, 5) is 12.5. The minimum absolute atomic E-state index is 0.0708.